The van der Waals surface area contributed by atoms with Crippen LogP contribution in [0.5, 0.6) is 0 Å². The van der Waals surface area contributed by atoms with Gasteiger partial charge in [-0.05, 0) is 26.2 Å². The summed E-state index contributed by atoms with van der Waals surface area (Å²) in [6.07, 6.45) is 4.69. The first-order valence-corrected chi connectivity index (χ1v) is 5.49. The molecule has 0 radical (unpaired) electrons. The van der Waals surface area contributed by atoms with Crippen LogP contribution in [0.2, 0.25) is 0 Å². The Morgan fingerprint density at radius 1 is 1.50 bits per heavy atom. The lowest BCUT2D eigenvalue weighted by molar-refractivity contribution is -0.126. The molecule has 1 amide bonds. The summed E-state index contributed by atoms with van der Waals surface area (Å²) in [6.45, 7) is 6.42. The van der Waals surface area contributed by atoms with Gasteiger partial charge >= 0.3 is 0 Å². The average molecular weight is 211 g/mol. The monoisotopic (exact) mass is 211 g/mol. The molecule has 0 atom stereocenters. The third-order valence-corrected chi connectivity index (χ3v) is 2.75. The lowest BCUT2D eigenvalue weighted by atomic mass is 10.2. The van der Waals surface area contributed by atoms with Crippen LogP contribution < -0.4 is 0 Å². The van der Waals surface area contributed by atoms with E-state index in [2.05, 4.69) is 6.58 Å². The van der Waals surface area contributed by atoms with Crippen LogP contribution in [0.15, 0.2) is 12.2 Å². The van der Waals surface area contributed by atoms with Crippen LogP contribution >= 0.6 is 12.2 Å². The first-order valence-electron chi connectivity index (χ1n) is 5.09. The van der Waals surface area contributed by atoms with Crippen molar-refractivity contribution in [1.29, 1.82) is 0 Å². The molecule has 1 aliphatic heterocycles. The number of likely N-dealkylation sites (tertiary alicyclic amines) is 1. The number of carbonyl (C=O) groups is 1. The SMILES string of the molecule is C=C(C)CC(=O)N1CCCCCC1=S. The molecule has 0 spiro atoms. The van der Waals surface area contributed by atoms with E-state index < -0.39 is 0 Å². The molecular formula is C11H17NOS. The fourth-order valence-corrected chi connectivity index (χ4v) is 1.94. The Kier molecular flexibility index (Phi) is 4.26. The normalized spacial score (nSPS) is 17.8. The molecule has 0 aromatic carbocycles. The van der Waals surface area contributed by atoms with Crippen molar-refractivity contribution in [3.63, 3.8) is 0 Å². The molecule has 14 heavy (non-hydrogen) atoms. The second-order valence-corrected chi connectivity index (χ2v) is 4.35. The summed E-state index contributed by atoms with van der Waals surface area (Å²) in [5.74, 6) is 0.115. The third kappa shape index (κ3) is 3.22. The highest BCUT2D eigenvalue weighted by Crippen LogP contribution is 2.14. The van der Waals surface area contributed by atoms with Crippen molar-refractivity contribution in [2.75, 3.05) is 6.54 Å². The minimum Gasteiger partial charge on any atom is -0.306 e. The van der Waals surface area contributed by atoms with Crippen molar-refractivity contribution in [2.45, 2.75) is 39.0 Å². The second-order valence-electron chi connectivity index (χ2n) is 3.88. The molecule has 1 rings (SSSR count). The van der Waals surface area contributed by atoms with Crippen molar-refractivity contribution in [1.82, 2.24) is 4.90 Å². The molecule has 0 N–H and O–H groups in total. The van der Waals surface area contributed by atoms with Crippen molar-refractivity contribution < 1.29 is 4.79 Å². The van der Waals surface area contributed by atoms with E-state index in [-0.39, 0.29) is 5.91 Å². The van der Waals surface area contributed by atoms with Gasteiger partial charge in [0.1, 0.15) is 0 Å². The number of carbonyl (C=O) groups excluding carboxylic acids is 1. The highest BCUT2D eigenvalue weighted by Gasteiger charge is 2.19. The Morgan fingerprint density at radius 3 is 2.86 bits per heavy atom. The number of nitrogens with zero attached hydrogens (tertiary/aromatic N) is 1. The quantitative estimate of drug-likeness (QED) is 0.517. The summed E-state index contributed by atoms with van der Waals surface area (Å²) in [4.78, 5) is 14.3. The molecule has 78 valence electrons. The van der Waals surface area contributed by atoms with Gasteiger partial charge in [0, 0.05) is 13.0 Å². The van der Waals surface area contributed by atoms with E-state index in [1.165, 1.54) is 6.42 Å². The molecular weight excluding hydrogens is 194 g/mol. The molecule has 1 aliphatic rings. The number of thiocarbonyl (C=S) groups is 1. The van der Waals surface area contributed by atoms with Gasteiger partial charge in [-0.2, -0.15) is 0 Å². The molecule has 0 aromatic rings. The fourth-order valence-electron chi connectivity index (χ4n) is 1.60. The van der Waals surface area contributed by atoms with Crippen LogP contribution in [-0.2, 0) is 4.79 Å². The summed E-state index contributed by atoms with van der Waals surface area (Å²) in [6, 6.07) is 0. The van der Waals surface area contributed by atoms with Crippen molar-refractivity contribution >= 4 is 23.1 Å². The zero-order chi connectivity index (χ0) is 10.6. The van der Waals surface area contributed by atoms with Gasteiger partial charge in [0.15, 0.2) is 0 Å². The molecule has 0 aromatic heterocycles. The van der Waals surface area contributed by atoms with Gasteiger partial charge in [0.2, 0.25) is 5.91 Å². The van der Waals surface area contributed by atoms with Crippen molar-refractivity contribution in [3.05, 3.63) is 12.2 Å². The predicted octanol–water partition coefficient (Wildman–Crippen LogP) is 2.68. The number of amides is 1. The second kappa shape index (κ2) is 5.25. The average Bonchev–Trinajstić information content (AvgIpc) is 2.28. The van der Waals surface area contributed by atoms with Crippen LogP contribution in [0.1, 0.15) is 39.0 Å². The molecule has 0 saturated carbocycles. The molecule has 1 saturated heterocycles. The van der Waals surface area contributed by atoms with E-state index in [9.17, 15) is 4.79 Å². The van der Waals surface area contributed by atoms with Crippen LogP contribution in [0.4, 0.5) is 0 Å². The highest BCUT2D eigenvalue weighted by molar-refractivity contribution is 7.80. The van der Waals surface area contributed by atoms with Gasteiger partial charge in [0.25, 0.3) is 0 Å². The van der Waals surface area contributed by atoms with Gasteiger partial charge in [-0.15, -0.1) is 0 Å². The Balaban J connectivity index is 2.59. The summed E-state index contributed by atoms with van der Waals surface area (Å²) in [7, 11) is 0. The Labute approximate surface area is 91.0 Å². The summed E-state index contributed by atoms with van der Waals surface area (Å²) >= 11 is 5.22. The lowest BCUT2D eigenvalue weighted by Crippen LogP contribution is -2.35. The van der Waals surface area contributed by atoms with E-state index in [0.29, 0.717) is 6.42 Å². The van der Waals surface area contributed by atoms with Gasteiger partial charge < -0.3 is 4.90 Å². The summed E-state index contributed by atoms with van der Waals surface area (Å²) < 4.78 is 0. The van der Waals surface area contributed by atoms with E-state index in [1.54, 1.807) is 4.90 Å². The minimum atomic E-state index is 0.115. The number of hydrogen-bond acceptors (Lipinski definition) is 2. The zero-order valence-corrected chi connectivity index (χ0v) is 9.53. The molecule has 0 aliphatic carbocycles. The molecule has 1 heterocycles. The van der Waals surface area contributed by atoms with Gasteiger partial charge in [-0.3, -0.25) is 4.79 Å². The van der Waals surface area contributed by atoms with E-state index in [0.717, 1.165) is 36.4 Å². The number of hydrogen-bond donors (Lipinski definition) is 0. The maximum Gasteiger partial charge on any atom is 0.231 e. The van der Waals surface area contributed by atoms with Gasteiger partial charge in [-0.1, -0.05) is 30.8 Å². The van der Waals surface area contributed by atoms with Gasteiger partial charge in [-0.25, -0.2) is 0 Å². The summed E-state index contributed by atoms with van der Waals surface area (Å²) in [5.41, 5.74) is 0.905. The van der Waals surface area contributed by atoms with E-state index >= 15 is 0 Å². The van der Waals surface area contributed by atoms with Crippen LogP contribution in [0.25, 0.3) is 0 Å². The molecule has 1 fully saturated rings. The zero-order valence-electron chi connectivity index (χ0n) is 8.71. The smallest absolute Gasteiger partial charge is 0.231 e. The predicted molar refractivity (Wildman–Crippen MR) is 62.2 cm³/mol. The lowest BCUT2D eigenvalue weighted by Gasteiger charge is -2.20. The maximum absolute atomic E-state index is 11.7. The Morgan fingerprint density at radius 2 is 2.21 bits per heavy atom. The molecule has 3 heteroatoms. The third-order valence-electron chi connectivity index (χ3n) is 2.33. The standard InChI is InChI=1S/C11H17NOS/c1-9(2)8-10(13)12-7-5-3-4-6-11(12)14/h1,3-8H2,2H3. The Bertz CT molecular complexity index is 260. The minimum absolute atomic E-state index is 0.115. The largest absolute Gasteiger partial charge is 0.306 e. The first kappa shape index (κ1) is 11.4. The van der Waals surface area contributed by atoms with Crippen LogP contribution in [0.3, 0.4) is 0 Å². The topological polar surface area (TPSA) is 20.3 Å². The maximum atomic E-state index is 11.7. The fraction of sp³-hybridized carbons (Fsp3) is 0.636. The molecule has 2 nitrogen and oxygen atoms in total. The number of rotatable bonds is 2. The Hall–Kier alpha value is -0.700. The van der Waals surface area contributed by atoms with Crippen molar-refractivity contribution in [3.8, 4) is 0 Å². The summed E-state index contributed by atoms with van der Waals surface area (Å²) in [5, 5.41) is 0. The molecule has 0 unspecified atom stereocenters. The van der Waals surface area contributed by atoms with E-state index in [1.807, 2.05) is 6.92 Å². The van der Waals surface area contributed by atoms with Crippen LogP contribution in [0, 0.1) is 0 Å². The first-order chi connectivity index (χ1) is 6.61. The highest BCUT2D eigenvalue weighted by atomic mass is 32.1. The van der Waals surface area contributed by atoms with Crippen LogP contribution in [-0.4, -0.2) is 22.3 Å². The molecule has 0 bridgehead atoms. The van der Waals surface area contributed by atoms with Crippen molar-refractivity contribution in [2.24, 2.45) is 0 Å². The van der Waals surface area contributed by atoms with Gasteiger partial charge in [0.05, 0.1) is 4.99 Å². The van der Waals surface area contributed by atoms with E-state index in [4.69, 9.17) is 12.2 Å².